The molecule has 0 fully saturated rings. The van der Waals surface area contributed by atoms with Gasteiger partial charge in [0.15, 0.2) is 0 Å². The molecule has 0 bridgehead atoms. The van der Waals surface area contributed by atoms with Crippen LogP contribution in [0.1, 0.15) is 24.7 Å². The van der Waals surface area contributed by atoms with E-state index >= 15 is 0 Å². The third kappa shape index (κ3) is 2.58. The Morgan fingerprint density at radius 1 is 1.24 bits per heavy atom. The first-order valence-corrected chi connectivity index (χ1v) is 5.89. The fraction of sp³-hybridized carbons (Fsp3) is 0.333. The molecule has 2 aromatic heterocycles. The van der Waals surface area contributed by atoms with Gasteiger partial charge in [-0.3, -0.25) is 9.97 Å². The standard InChI is InChI=1S/C12H13ClN4/c1-3-4-10-16-11(8(2)12(13)17-10)9-7-14-5-6-15-9/h5-7H,3-4H2,1-2H3. The summed E-state index contributed by atoms with van der Waals surface area (Å²) >= 11 is 6.11. The summed E-state index contributed by atoms with van der Waals surface area (Å²) in [5, 5.41) is 0.490. The van der Waals surface area contributed by atoms with E-state index in [9.17, 15) is 0 Å². The zero-order chi connectivity index (χ0) is 12.3. The topological polar surface area (TPSA) is 51.6 Å². The van der Waals surface area contributed by atoms with Crippen molar-refractivity contribution >= 4 is 11.6 Å². The molecule has 0 saturated heterocycles. The van der Waals surface area contributed by atoms with Crippen molar-refractivity contribution in [3.63, 3.8) is 0 Å². The third-order valence-electron chi connectivity index (χ3n) is 2.41. The molecule has 0 amide bonds. The molecular formula is C12H13ClN4. The SMILES string of the molecule is CCCc1nc(Cl)c(C)c(-c2cnccn2)n1. The Morgan fingerprint density at radius 3 is 2.71 bits per heavy atom. The summed E-state index contributed by atoms with van der Waals surface area (Å²) in [4.78, 5) is 17.0. The van der Waals surface area contributed by atoms with Crippen LogP contribution in [0.15, 0.2) is 18.6 Å². The van der Waals surface area contributed by atoms with Crippen molar-refractivity contribution in [3.05, 3.63) is 35.1 Å². The predicted octanol–water partition coefficient (Wildman–Crippen LogP) is 2.85. The van der Waals surface area contributed by atoms with E-state index in [1.165, 1.54) is 0 Å². The molecule has 5 heteroatoms. The lowest BCUT2D eigenvalue weighted by atomic mass is 10.2. The average Bonchev–Trinajstić information content (AvgIpc) is 2.35. The number of rotatable bonds is 3. The Labute approximate surface area is 105 Å². The van der Waals surface area contributed by atoms with Crippen LogP contribution in [0.2, 0.25) is 5.15 Å². The van der Waals surface area contributed by atoms with Crippen LogP contribution < -0.4 is 0 Å². The predicted molar refractivity (Wildman–Crippen MR) is 66.8 cm³/mol. The molecule has 0 unspecified atom stereocenters. The summed E-state index contributed by atoms with van der Waals surface area (Å²) in [7, 11) is 0. The van der Waals surface area contributed by atoms with E-state index < -0.39 is 0 Å². The van der Waals surface area contributed by atoms with Gasteiger partial charge in [0.2, 0.25) is 0 Å². The molecular weight excluding hydrogens is 236 g/mol. The maximum absolute atomic E-state index is 6.11. The van der Waals surface area contributed by atoms with Gasteiger partial charge < -0.3 is 0 Å². The van der Waals surface area contributed by atoms with E-state index in [1.54, 1.807) is 18.6 Å². The van der Waals surface area contributed by atoms with E-state index in [1.807, 2.05) is 6.92 Å². The first-order valence-electron chi connectivity index (χ1n) is 5.51. The van der Waals surface area contributed by atoms with Crippen LogP contribution in [-0.2, 0) is 6.42 Å². The number of hydrogen-bond acceptors (Lipinski definition) is 4. The van der Waals surface area contributed by atoms with Crippen molar-refractivity contribution in [3.8, 4) is 11.4 Å². The molecule has 2 aromatic rings. The smallest absolute Gasteiger partial charge is 0.136 e. The van der Waals surface area contributed by atoms with Crippen molar-refractivity contribution in [2.45, 2.75) is 26.7 Å². The molecule has 88 valence electrons. The lowest BCUT2D eigenvalue weighted by molar-refractivity contribution is 0.832. The van der Waals surface area contributed by atoms with Crippen molar-refractivity contribution < 1.29 is 0 Å². The fourth-order valence-corrected chi connectivity index (χ4v) is 1.73. The summed E-state index contributed by atoms with van der Waals surface area (Å²) in [5.41, 5.74) is 2.33. The van der Waals surface area contributed by atoms with Crippen molar-refractivity contribution in [1.82, 2.24) is 19.9 Å². The maximum atomic E-state index is 6.11. The van der Waals surface area contributed by atoms with Crippen molar-refractivity contribution in [2.24, 2.45) is 0 Å². The molecule has 0 aliphatic carbocycles. The Kier molecular flexibility index (Phi) is 3.64. The van der Waals surface area contributed by atoms with Crippen LogP contribution in [0.3, 0.4) is 0 Å². The minimum atomic E-state index is 0.490. The van der Waals surface area contributed by atoms with E-state index in [-0.39, 0.29) is 0 Å². The van der Waals surface area contributed by atoms with Gasteiger partial charge in [-0.05, 0) is 13.3 Å². The summed E-state index contributed by atoms with van der Waals surface area (Å²) in [6.07, 6.45) is 6.76. The van der Waals surface area contributed by atoms with Gasteiger partial charge in [-0.1, -0.05) is 18.5 Å². The molecule has 2 heterocycles. The summed E-state index contributed by atoms with van der Waals surface area (Å²) < 4.78 is 0. The first kappa shape index (κ1) is 11.9. The van der Waals surface area contributed by atoms with Crippen molar-refractivity contribution in [1.29, 1.82) is 0 Å². The molecule has 0 aliphatic heterocycles. The van der Waals surface area contributed by atoms with E-state index in [0.29, 0.717) is 5.15 Å². The molecule has 0 aliphatic rings. The molecule has 0 aromatic carbocycles. The summed E-state index contributed by atoms with van der Waals surface area (Å²) in [6.45, 7) is 3.97. The van der Waals surface area contributed by atoms with Gasteiger partial charge in [0.1, 0.15) is 16.7 Å². The number of nitrogens with zero attached hydrogens (tertiary/aromatic N) is 4. The highest BCUT2D eigenvalue weighted by atomic mass is 35.5. The largest absolute Gasteiger partial charge is 0.261 e. The van der Waals surface area contributed by atoms with Gasteiger partial charge in [-0.2, -0.15) is 0 Å². The quantitative estimate of drug-likeness (QED) is 0.784. The Morgan fingerprint density at radius 2 is 2.06 bits per heavy atom. The van der Waals surface area contributed by atoms with Gasteiger partial charge in [0.05, 0.1) is 11.9 Å². The Bertz CT molecular complexity index is 513. The van der Waals surface area contributed by atoms with Gasteiger partial charge in [0, 0.05) is 24.4 Å². The lowest BCUT2D eigenvalue weighted by Crippen LogP contribution is -2.01. The number of halogens is 1. The molecule has 0 N–H and O–H groups in total. The van der Waals surface area contributed by atoms with E-state index in [2.05, 4.69) is 26.9 Å². The molecule has 0 spiro atoms. The maximum Gasteiger partial charge on any atom is 0.136 e. The third-order valence-corrected chi connectivity index (χ3v) is 2.78. The summed E-state index contributed by atoms with van der Waals surface area (Å²) in [6, 6.07) is 0. The van der Waals surface area contributed by atoms with Crippen LogP contribution >= 0.6 is 11.6 Å². The zero-order valence-corrected chi connectivity index (χ0v) is 10.6. The second-order valence-electron chi connectivity index (χ2n) is 3.74. The summed E-state index contributed by atoms with van der Waals surface area (Å²) in [5.74, 6) is 0.753. The zero-order valence-electron chi connectivity index (χ0n) is 9.81. The first-order chi connectivity index (χ1) is 8.22. The molecule has 0 radical (unpaired) electrons. The van der Waals surface area contributed by atoms with E-state index in [0.717, 1.165) is 35.6 Å². The molecule has 0 saturated carbocycles. The number of aromatic nitrogens is 4. The second-order valence-corrected chi connectivity index (χ2v) is 4.10. The lowest BCUT2D eigenvalue weighted by Gasteiger charge is -2.07. The van der Waals surface area contributed by atoms with Crippen LogP contribution in [0.25, 0.3) is 11.4 Å². The highest BCUT2D eigenvalue weighted by molar-refractivity contribution is 6.30. The van der Waals surface area contributed by atoms with Gasteiger partial charge in [-0.25, -0.2) is 9.97 Å². The normalized spacial score (nSPS) is 10.5. The minimum absolute atomic E-state index is 0.490. The number of aryl methyl sites for hydroxylation is 1. The van der Waals surface area contributed by atoms with Gasteiger partial charge >= 0.3 is 0 Å². The van der Waals surface area contributed by atoms with Crippen LogP contribution in [0, 0.1) is 6.92 Å². The number of hydrogen-bond donors (Lipinski definition) is 0. The molecule has 2 rings (SSSR count). The Balaban J connectivity index is 2.53. The monoisotopic (exact) mass is 248 g/mol. The van der Waals surface area contributed by atoms with Crippen LogP contribution in [0.5, 0.6) is 0 Å². The molecule has 4 nitrogen and oxygen atoms in total. The molecule has 17 heavy (non-hydrogen) atoms. The second kappa shape index (κ2) is 5.19. The van der Waals surface area contributed by atoms with Crippen LogP contribution in [-0.4, -0.2) is 19.9 Å². The van der Waals surface area contributed by atoms with Gasteiger partial charge in [0.25, 0.3) is 0 Å². The average molecular weight is 249 g/mol. The van der Waals surface area contributed by atoms with Gasteiger partial charge in [-0.15, -0.1) is 0 Å². The van der Waals surface area contributed by atoms with Crippen LogP contribution in [0.4, 0.5) is 0 Å². The van der Waals surface area contributed by atoms with E-state index in [4.69, 9.17) is 11.6 Å². The Hall–Kier alpha value is -1.55. The molecule has 0 atom stereocenters. The highest BCUT2D eigenvalue weighted by Gasteiger charge is 2.11. The highest BCUT2D eigenvalue weighted by Crippen LogP contribution is 2.23. The fourth-order valence-electron chi connectivity index (χ4n) is 1.54. The minimum Gasteiger partial charge on any atom is -0.261 e. The van der Waals surface area contributed by atoms with Crippen molar-refractivity contribution in [2.75, 3.05) is 0 Å².